The fourth-order valence-corrected chi connectivity index (χ4v) is 3.46. The van der Waals surface area contributed by atoms with E-state index in [0.717, 1.165) is 11.4 Å². The molecule has 23 heavy (non-hydrogen) atoms. The zero-order valence-corrected chi connectivity index (χ0v) is 16.0. The first kappa shape index (κ1) is 18.1. The number of hydrogen-bond acceptors (Lipinski definition) is 0. The Morgan fingerprint density at radius 1 is 0.826 bits per heavy atom. The van der Waals surface area contributed by atoms with Gasteiger partial charge < -0.3 is 0 Å². The van der Waals surface area contributed by atoms with Crippen LogP contribution in [0.15, 0.2) is 36.4 Å². The van der Waals surface area contributed by atoms with Gasteiger partial charge in [0.15, 0.2) is 0 Å². The molecule has 0 fully saturated rings. The van der Waals surface area contributed by atoms with Crippen molar-refractivity contribution >= 4 is 11.6 Å². The molecule has 1 unspecified atom stereocenters. The SMILES string of the molecule is Cc1cc(CC(C)c2ccc(Cl)c(C(C)C)c2)cc(C(C)C)c1. The maximum atomic E-state index is 6.33. The fraction of sp³-hybridized carbons (Fsp3) is 0.455. The molecule has 0 saturated carbocycles. The van der Waals surface area contributed by atoms with Crippen LogP contribution < -0.4 is 0 Å². The highest BCUT2D eigenvalue weighted by Gasteiger charge is 2.12. The summed E-state index contributed by atoms with van der Waals surface area (Å²) in [6.07, 6.45) is 1.07. The van der Waals surface area contributed by atoms with E-state index in [1.807, 2.05) is 0 Å². The largest absolute Gasteiger partial charge is 0.0840 e. The Morgan fingerprint density at radius 2 is 1.52 bits per heavy atom. The lowest BCUT2D eigenvalue weighted by Gasteiger charge is -2.17. The van der Waals surface area contributed by atoms with Crippen LogP contribution in [-0.2, 0) is 6.42 Å². The zero-order chi connectivity index (χ0) is 17.1. The molecular weight excluding hydrogens is 300 g/mol. The molecule has 0 aromatic heterocycles. The maximum Gasteiger partial charge on any atom is 0.0440 e. The van der Waals surface area contributed by atoms with Gasteiger partial charge in [0.2, 0.25) is 0 Å². The molecule has 2 rings (SSSR count). The Morgan fingerprint density at radius 3 is 2.13 bits per heavy atom. The van der Waals surface area contributed by atoms with E-state index in [1.165, 1.54) is 27.8 Å². The van der Waals surface area contributed by atoms with Crippen LogP contribution in [0.25, 0.3) is 0 Å². The third-order valence-electron chi connectivity index (χ3n) is 4.58. The van der Waals surface area contributed by atoms with E-state index in [2.05, 4.69) is 77.9 Å². The monoisotopic (exact) mass is 328 g/mol. The van der Waals surface area contributed by atoms with Crippen LogP contribution in [0, 0.1) is 6.92 Å². The van der Waals surface area contributed by atoms with Crippen molar-refractivity contribution in [3.63, 3.8) is 0 Å². The molecule has 0 bridgehead atoms. The Kier molecular flexibility index (Phi) is 5.92. The minimum absolute atomic E-state index is 0.459. The third-order valence-corrected chi connectivity index (χ3v) is 4.92. The minimum Gasteiger partial charge on any atom is -0.0840 e. The Bertz CT molecular complexity index is 668. The molecule has 0 heterocycles. The topological polar surface area (TPSA) is 0 Å². The summed E-state index contributed by atoms with van der Waals surface area (Å²) in [6.45, 7) is 13.4. The first-order chi connectivity index (χ1) is 10.8. The molecule has 1 atom stereocenters. The molecule has 0 aliphatic rings. The van der Waals surface area contributed by atoms with Crippen molar-refractivity contribution in [3.8, 4) is 0 Å². The van der Waals surface area contributed by atoms with Gasteiger partial charge in [0.25, 0.3) is 0 Å². The summed E-state index contributed by atoms with van der Waals surface area (Å²) in [4.78, 5) is 0. The van der Waals surface area contributed by atoms with Crippen molar-refractivity contribution < 1.29 is 0 Å². The second-order valence-corrected chi connectivity index (χ2v) is 7.85. The first-order valence-electron chi connectivity index (χ1n) is 8.67. The molecule has 0 aliphatic carbocycles. The van der Waals surface area contributed by atoms with E-state index in [4.69, 9.17) is 11.6 Å². The van der Waals surface area contributed by atoms with Crippen molar-refractivity contribution in [2.75, 3.05) is 0 Å². The molecule has 0 nitrogen and oxygen atoms in total. The highest BCUT2D eigenvalue weighted by Crippen LogP contribution is 2.30. The number of aryl methyl sites for hydroxylation is 1. The molecule has 124 valence electrons. The molecule has 1 heteroatoms. The predicted molar refractivity (Wildman–Crippen MR) is 103 cm³/mol. The van der Waals surface area contributed by atoms with Crippen LogP contribution in [-0.4, -0.2) is 0 Å². The van der Waals surface area contributed by atoms with Crippen molar-refractivity contribution in [1.29, 1.82) is 0 Å². The van der Waals surface area contributed by atoms with Gasteiger partial charge in [-0.2, -0.15) is 0 Å². The molecular formula is C22H29Cl. The van der Waals surface area contributed by atoms with E-state index in [0.29, 0.717) is 17.8 Å². The second-order valence-electron chi connectivity index (χ2n) is 7.45. The van der Waals surface area contributed by atoms with Crippen molar-refractivity contribution in [1.82, 2.24) is 0 Å². The van der Waals surface area contributed by atoms with Gasteiger partial charge >= 0.3 is 0 Å². The van der Waals surface area contributed by atoms with Crippen molar-refractivity contribution in [2.24, 2.45) is 0 Å². The highest BCUT2D eigenvalue weighted by molar-refractivity contribution is 6.31. The predicted octanol–water partition coefficient (Wildman–Crippen LogP) is 7.24. The molecule has 0 aliphatic heterocycles. The van der Waals surface area contributed by atoms with Gasteiger partial charge in [0.05, 0.1) is 0 Å². The van der Waals surface area contributed by atoms with E-state index in [9.17, 15) is 0 Å². The number of hydrogen-bond donors (Lipinski definition) is 0. The van der Waals surface area contributed by atoms with Crippen LogP contribution in [0.4, 0.5) is 0 Å². The van der Waals surface area contributed by atoms with E-state index in [-0.39, 0.29) is 0 Å². The Labute approximate surface area is 146 Å². The summed E-state index contributed by atoms with van der Waals surface area (Å²) in [5.41, 5.74) is 6.86. The van der Waals surface area contributed by atoms with Gasteiger partial charge in [-0.15, -0.1) is 0 Å². The summed E-state index contributed by atoms with van der Waals surface area (Å²) in [7, 11) is 0. The average Bonchev–Trinajstić information content (AvgIpc) is 2.46. The summed E-state index contributed by atoms with van der Waals surface area (Å²) < 4.78 is 0. The fourth-order valence-electron chi connectivity index (χ4n) is 3.13. The summed E-state index contributed by atoms with van der Waals surface area (Å²) in [6, 6.07) is 13.5. The number of halogens is 1. The number of rotatable bonds is 5. The summed E-state index contributed by atoms with van der Waals surface area (Å²) in [5, 5.41) is 0.883. The lowest BCUT2D eigenvalue weighted by atomic mass is 9.88. The molecule has 0 saturated heterocycles. The molecule has 0 N–H and O–H groups in total. The van der Waals surface area contributed by atoms with Gasteiger partial charge in [-0.3, -0.25) is 0 Å². The van der Waals surface area contributed by atoms with Crippen molar-refractivity contribution in [2.45, 2.75) is 65.7 Å². The number of benzene rings is 2. The standard InChI is InChI=1S/C22H29Cl/c1-14(2)20-10-16(5)9-18(12-20)11-17(6)19-7-8-22(23)21(13-19)15(3)4/h7-10,12-15,17H,11H2,1-6H3. The van der Waals surface area contributed by atoms with Crippen LogP contribution >= 0.6 is 11.6 Å². The second kappa shape index (κ2) is 7.53. The quantitative estimate of drug-likeness (QED) is 0.542. The Balaban J connectivity index is 2.25. The Hall–Kier alpha value is -1.27. The third kappa shape index (κ3) is 4.61. The van der Waals surface area contributed by atoms with Crippen molar-refractivity contribution in [3.05, 3.63) is 69.2 Å². The lowest BCUT2D eigenvalue weighted by Crippen LogP contribution is -2.02. The van der Waals surface area contributed by atoms with Gasteiger partial charge in [-0.25, -0.2) is 0 Å². The molecule has 0 radical (unpaired) electrons. The van der Waals surface area contributed by atoms with E-state index in [1.54, 1.807) is 0 Å². The normalized spacial score (nSPS) is 12.9. The van der Waals surface area contributed by atoms with Crippen LogP contribution in [0.2, 0.25) is 5.02 Å². The minimum atomic E-state index is 0.459. The summed E-state index contributed by atoms with van der Waals surface area (Å²) >= 11 is 6.33. The van der Waals surface area contributed by atoms with E-state index < -0.39 is 0 Å². The lowest BCUT2D eigenvalue weighted by molar-refractivity contribution is 0.749. The molecule has 2 aromatic rings. The van der Waals surface area contributed by atoms with Gasteiger partial charge in [-0.1, -0.05) is 82.1 Å². The van der Waals surface area contributed by atoms with Crippen LogP contribution in [0.1, 0.15) is 80.2 Å². The summed E-state index contributed by atoms with van der Waals surface area (Å²) in [5.74, 6) is 1.53. The van der Waals surface area contributed by atoms with E-state index >= 15 is 0 Å². The zero-order valence-electron chi connectivity index (χ0n) is 15.3. The molecule has 0 amide bonds. The molecule has 2 aromatic carbocycles. The highest BCUT2D eigenvalue weighted by atomic mass is 35.5. The first-order valence-corrected chi connectivity index (χ1v) is 9.05. The average molecular weight is 329 g/mol. The van der Waals surface area contributed by atoms with Gasteiger partial charge in [0.1, 0.15) is 0 Å². The van der Waals surface area contributed by atoms with Crippen LogP contribution in [0.3, 0.4) is 0 Å². The smallest absolute Gasteiger partial charge is 0.0440 e. The van der Waals surface area contributed by atoms with Crippen LogP contribution in [0.5, 0.6) is 0 Å². The maximum absolute atomic E-state index is 6.33. The van der Waals surface area contributed by atoms with Gasteiger partial charge in [-0.05, 0) is 59.4 Å². The molecule has 0 spiro atoms. The van der Waals surface area contributed by atoms with Gasteiger partial charge in [0, 0.05) is 5.02 Å².